The van der Waals surface area contributed by atoms with Gasteiger partial charge in [-0.25, -0.2) is 26.9 Å². The molecule has 204 valence electrons. The highest BCUT2D eigenvalue weighted by Gasteiger charge is 2.26. The zero-order valence-corrected chi connectivity index (χ0v) is 21.5. The zero-order chi connectivity index (χ0) is 29.0. The second kappa shape index (κ2) is 9.92. The fraction of sp³-hybridized carbons (Fsp3) is 0. The van der Waals surface area contributed by atoms with Gasteiger partial charge in [-0.05, 0) is 63.9 Å². The van der Waals surface area contributed by atoms with E-state index in [1.54, 1.807) is 18.3 Å². The molecule has 0 aliphatic heterocycles. The highest BCUT2D eigenvalue weighted by molar-refractivity contribution is 5.90. The van der Waals surface area contributed by atoms with Crippen molar-refractivity contribution in [1.82, 2.24) is 9.97 Å². The first kappa shape index (κ1) is 25.6. The zero-order valence-electron chi connectivity index (χ0n) is 21.5. The van der Waals surface area contributed by atoms with Crippen LogP contribution in [0.4, 0.5) is 22.0 Å². The van der Waals surface area contributed by atoms with Crippen LogP contribution in [-0.2, 0) is 0 Å². The predicted molar refractivity (Wildman–Crippen MR) is 151 cm³/mol. The number of hydrogen-bond donors (Lipinski definition) is 0. The van der Waals surface area contributed by atoms with Crippen LogP contribution in [0.15, 0.2) is 108 Å². The van der Waals surface area contributed by atoms with E-state index in [1.807, 2.05) is 72.8 Å². The van der Waals surface area contributed by atoms with E-state index in [9.17, 15) is 22.0 Å². The monoisotopic (exact) mass is 564 g/mol. The number of hydrogen-bond acceptors (Lipinski definition) is 3. The average Bonchev–Trinajstić information content (AvgIpc) is 3.47. The molecule has 0 fully saturated rings. The van der Waals surface area contributed by atoms with Crippen LogP contribution in [-0.4, -0.2) is 9.97 Å². The molecule has 2 aromatic heterocycles. The van der Waals surface area contributed by atoms with Crippen LogP contribution in [0.5, 0.6) is 0 Å². The molecule has 0 aliphatic carbocycles. The van der Waals surface area contributed by atoms with Gasteiger partial charge < -0.3 is 4.42 Å². The molecular formula is C34H17F5N2O. The van der Waals surface area contributed by atoms with Gasteiger partial charge in [-0.1, -0.05) is 60.7 Å². The van der Waals surface area contributed by atoms with Crippen LogP contribution in [0.3, 0.4) is 0 Å². The third-order valence-corrected chi connectivity index (χ3v) is 7.16. The molecule has 0 N–H and O–H groups in total. The van der Waals surface area contributed by atoms with Crippen molar-refractivity contribution >= 4 is 21.9 Å². The SMILES string of the molecule is Fc1c(F)c(F)c(-c2ccc(-c3ccc4cc(-c5ccc(-c6nc7ccccc7o6)cn5)ccc4c3)cc2)c(F)c1F. The van der Waals surface area contributed by atoms with Crippen LogP contribution in [0.1, 0.15) is 0 Å². The predicted octanol–water partition coefficient (Wildman–Crippen LogP) is 9.74. The van der Waals surface area contributed by atoms with Crippen LogP contribution in [0.2, 0.25) is 0 Å². The summed E-state index contributed by atoms with van der Waals surface area (Å²) in [6.07, 6.45) is 1.73. The van der Waals surface area contributed by atoms with Gasteiger partial charge in [-0.2, -0.15) is 0 Å². The van der Waals surface area contributed by atoms with E-state index >= 15 is 0 Å². The minimum atomic E-state index is -2.18. The Morgan fingerprint density at radius 3 is 1.74 bits per heavy atom. The van der Waals surface area contributed by atoms with Gasteiger partial charge >= 0.3 is 0 Å². The molecule has 7 rings (SSSR count). The summed E-state index contributed by atoms with van der Waals surface area (Å²) in [4.78, 5) is 9.12. The maximum atomic E-state index is 14.2. The van der Waals surface area contributed by atoms with Crippen molar-refractivity contribution in [2.75, 3.05) is 0 Å². The van der Waals surface area contributed by atoms with Gasteiger partial charge in [0.2, 0.25) is 11.7 Å². The first-order chi connectivity index (χ1) is 20.4. The summed E-state index contributed by atoms with van der Waals surface area (Å²) in [7, 11) is 0. The van der Waals surface area contributed by atoms with Gasteiger partial charge in [0.05, 0.1) is 16.8 Å². The molecule has 0 saturated heterocycles. The molecule has 5 aromatic carbocycles. The number of pyridine rings is 1. The first-order valence-corrected chi connectivity index (χ1v) is 12.9. The summed E-state index contributed by atoms with van der Waals surface area (Å²) >= 11 is 0. The Kier molecular flexibility index (Phi) is 6.04. The van der Waals surface area contributed by atoms with Gasteiger partial charge in [0.1, 0.15) is 5.52 Å². The molecule has 3 nitrogen and oxygen atoms in total. The van der Waals surface area contributed by atoms with Crippen molar-refractivity contribution < 1.29 is 26.4 Å². The van der Waals surface area contributed by atoms with Crippen molar-refractivity contribution in [2.45, 2.75) is 0 Å². The minimum Gasteiger partial charge on any atom is -0.436 e. The van der Waals surface area contributed by atoms with Gasteiger partial charge in [-0.3, -0.25) is 4.98 Å². The highest BCUT2D eigenvalue weighted by atomic mass is 19.2. The molecule has 0 aliphatic rings. The maximum absolute atomic E-state index is 14.2. The Labute approximate surface area is 235 Å². The van der Waals surface area contributed by atoms with E-state index in [0.29, 0.717) is 17.0 Å². The summed E-state index contributed by atoms with van der Waals surface area (Å²) < 4.78 is 75.1. The Hall–Kier alpha value is -5.37. The van der Waals surface area contributed by atoms with E-state index in [4.69, 9.17) is 4.42 Å². The Bertz CT molecular complexity index is 2080. The maximum Gasteiger partial charge on any atom is 0.228 e. The Morgan fingerprint density at radius 1 is 0.500 bits per heavy atom. The second-order valence-corrected chi connectivity index (χ2v) is 9.72. The molecule has 7 aromatic rings. The molecule has 0 saturated carbocycles. The standard InChI is InChI=1S/C34H17F5N2O/c35-29-28(30(36)32(38)33(39)31(29)37)19-7-5-18(6-8-19)20-9-10-22-16-23(12-11-21(22)15-20)25-14-13-24(17-40-25)34-41-26-3-1-2-4-27(26)42-34/h1-17H. The van der Waals surface area contributed by atoms with Crippen LogP contribution < -0.4 is 0 Å². The lowest BCUT2D eigenvalue weighted by atomic mass is 9.96. The van der Waals surface area contributed by atoms with Crippen LogP contribution in [0, 0.1) is 29.1 Å². The molecule has 0 atom stereocenters. The van der Waals surface area contributed by atoms with Crippen LogP contribution >= 0.6 is 0 Å². The van der Waals surface area contributed by atoms with E-state index in [1.165, 1.54) is 12.1 Å². The Balaban J connectivity index is 1.15. The van der Waals surface area contributed by atoms with E-state index in [2.05, 4.69) is 9.97 Å². The third-order valence-electron chi connectivity index (χ3n) is 7.16. The lowest BCUT2D eigenvalue weighted by molar-refractivity contribution is 0.381. The van der Waals surface area contributed by atoms with E-state index in [0.717, 1.165) is 38.7 Å². The molecule has 0 spiro atoms. The fourth-order valence-electron chi connectivity index (χ4n) is 4.96. The molecule has 0 amide bonds. The molecule has 0 radical (unpaired) electrons. The van der Waals surface area contributed by atoms with Gasteiger partial charge in [0.25, 0.3) is 0 Å². The van der Waals surface area contributed by atoms with E-state index < -0.39 is 34.6 Å². The summed E-state index contributed by atoms with van der Waals surface area (Å²) in [5.41, 5.74) is 4.42. The average molecular weight is 565 g/mol. The number of oxazole rings is 1. The number of para-hydroxylation sites is 2. The topological polar surface area (TPSA) is 38.9 Å². The van der Waals surface area contributed by atoms with Crippen molar-refractivity contribution in [1.29, 1.82) is 0 Å². The Morgan fingerprint density at radius 2 is 1.07 bits per heavy atom. The number of fused-ring (bicyclic) bond motifs is 2. The fourth-order valence-corrected chi connectivity index (χ4v) is 4.96. The van der Waals surface area contributed by atoms with Crippen molar-refractivity contribution in [2.24, 2.45) is 0 Å². The summed E-state index contributed by atoms with van der Waals surface area (Å²) in [5.74, 6) is -9.36. The van der Waals surface area contributed by atoms with E-state index in [-0.39, 0.29) is 5.56 Å². The number of nitrogens with zero attached hydrogens (tertiary/aromatic N) is 2. The molecule has 0 bridgehead atoms. The van der Waals surface area contributed by atoms with Gasteiger partial charge in [0, 0.05) is 11.8 Å². The second-order valence-electron chi connectivity index (χ2n) is 9.72. The molecule has 2 heterocycles. The van der Waals surface area contributed by atoms with Gasteiger partial charge in [0.15, 0.2) is 28.9 Å². The molecule has 8 heteroatoms. The summed E-state index contributed by atoms with van der Waals surface area (Å²) in [6.45, 7) is 0. The van der Waals surface area contributed by atoms with Crippen molar-refractivity contribution in [3.63, 3.8) is 0 Å². The molecular weight excluding hydrogens is 547 g/mol. The third kappa shape index (κ3) is 4.28. The summed E-state index contributed by atoms with van der Waals surface area (Å²) in [6, 6.07) is 28.9. The quantitative estimate of drug-likeness (QED) is 0.121. The largest absolute Gasteiger partial charge is 0.436 e. The number of aromatic nitrogens is 2. The first-order valence-electron chi connectivity index (χ1n) is 12.9. The lowest BCUT2D eigenvalue weighted by Crippen LogP contribution is -2.03. The normalized spacial score (nSPS) is 11.5. The number of rotatable bonds is 4. The highest BCUT2D eigenvalue weighted by Crippen LogP contribution is 2.34. The number of halogens is 5. The minimum absolute atomic E-state index is 0.119. The smallest absolute Gasteiger partial charge is 0.228 e. The van der Waals surface area contributed by atoms with Crippen molar-refractivity contribution in [3.8, 4) is 45.0 Å². The van der Waals surface area contributed by atoms with Crippen molar-refractivity contribution in [3.05, 3.63) is 132 Å². The van der Waals surface area contributed by atoms with Gasteiger partial charge in [-0.15, -0.1) is 0 Å². The molecule has 42 heavy (non-hydrogen) atoms. The summed E-state index contributed by atoms with van der Waals surface area (Å²) in [5, 5.41) is 1.92. The number of benzene rings is 5. The van der Waals surface area contributed by atoms with Crippen LogP contribution in [0.25, 0.3) is 66.8 Å². The lowest BCUT2D eigenvalue weighted by Gasteiger charge is -2.10. The molecule has 0 unspecified atom stereocenters.